The second kappa shape index (κ2) is 8.28. The average Bonchev–Trinajstić information content (AvgIpc) is 3.38. The Morgan fingerprint density at radius 1 is 1.07 bits per heavy atom. The van der Waals surface area contributed by atoms with Crippen LogP contribution in [0.1, 0.15) is 16.9 Å². The van der Waals surface area contributed by atoms with E-state index < -0.39 is 5.91 Å². The molecule has 142 valence electrons. The number of amides is 1. The molecule has 4 heterocycles. The molecule has 4 aromatic rings. The molecule has 0 atom stereocenters. The van der Waals surface area contributed by atoms with Gasteiger partial charge in [0, 0.05) is 28.9 Å². The number of pyridine rings is 1. The molecule has 0 radical (unpaired) electrons. The molecule has 1 amide bonds. The highest BCUT2D eigenvalue weighted by Gasteiger charge is 2.15. The lowest BCUT2D eigenvalue weighted by Gasteiger charge is -2.08. The highest BCUT2D eigenvalue weighted by molar-refractivity contribution is 7.18. The van der Waals surface area contributed by atoms with Crippen LogP contribution in [0.4, 0.5) is 0 Å². The van der Waals surface area contributed by atoms with E-state index in [1.54, 1.807) is 34.9 Å². The molecular weight excluding hydrogens is 398 g/mol. The van der Waals surface area contributed by atoms with Crippen LogP contribution in [0.25, 0.3) is 20.8 Å². The minimum atomic E-state index is -0.568. The average molecular weight is 413 g/mol. The van der Waals surface area contributed by atoms with E-state index in [0.29, 0.717) is 31.3 Å². The molecule has 0 fully saturated rings. The van der Waals surface area contributed by atoms with Crippen LogP contribution in [0.2, 0.25) is 0 Å². The maximum atomic E-state index is 11.0. The molecule has 0 aliphatic heterocycles. The Morgan fingerprint density at radius 2 is 1.96 bits per heavy atom. The molecule has 10 heteroatoms. The van der Waals surface area contributed by atoms with Gasteiger partial charge in [-0.3, -0.25) is 4.79 Å². The molecule has 0 aliphatic carbocycles. The standard InChI is InChI=1S/C18H15N5O3S2/c19-15(24)13-3-2-11(8-21-13)25-5-1-6-26-16-14-12(17-20-4-7-27-17)9-28-18(14)23-10-22-16/h2-4,7-10H,1,5-6H2,(H2,19,24). The summed E-state index contributed by atoms with van der Waals surface area (Å²) >= 11 is 3.11. The molecule has 4 aromatic heterocycles. The molecule has 0 saturated heterocycles. The maximum Gasteiger partial charge on any atom is 0.267 e. The first-order valence-electron chi connectivity index (χ1n) is 8.36. The van der Waals surface area contributed by atoms with E-state index in [9.17, 15) is 4.79 Å². The number of carbonyl (C=O) groups is 1. The van der Waals surface area contributed by atoms with E-state index in [1.807, 2.05) is 10.8 Å². The summed E-state index contributed by atoms with van der Waals surface area (Å²) in [5.74, 6) is 0.545. The van der Waals surface area contributed by atoms with Crippen molar-refractivity contribution in [2.24, 2.45) is 5.73 Å². The van der Waals surface area contributed by atoms with E-state index in [1.165, 1.54) is 18.6 Å². The molecule has 4 rings (SSSR count). The second-order valence-corrected chi connectivity index (χ2v) is 7.39. The van der Waals surface area contributed by atoms with Crippen molar-refractivity contribution in [3.8, 4) is 22.2 Å². The monoisotopic (exact) mass is 413 g/mol. The zero-order valence-corrected chi connectivity index (χ0v) is 16.2. The molecule has 0 aromatic carbocycles. The van der Waals surface area contributed by atoms with Crippen molar-refractivity contribution in [2.75, 3.05) is 13.2 Å². The highest BCUT2D eigenvalue weighted by atomic mass is 32.1. The predicted molar refractivity (Wildman–Crippen MR) is 107 cm³/mol. The van der Waals surface area contributed by atoms with Crippen LogP contribution in [0.15, 0.2) is 41.6 Å². The van der Waals surface area contributed by atoms with Crippen LogP contribution < -0.4 is 15.2 Å². The van der Waals surface area contributed by atoms with Gasteiger partial charge in [-0.25, -0.2) is 19.9 Å². The third-order valence-electron chi connectivity index (χ3n) is 3.78. The Kier molecular flexibility index (Phi) is 5.40. The summed E-state index contributed by atoms with van der Waals surface area (Å²) in [4.78, 5) is 28.8. The number of fused-ring (bicyclic) bond motifs is 1. The molecule has 8 nitrogen and oxygen atoms in total. The quantitative estimate of drug-likeness (QED) is 0.441. The van der Waals surface area contributed by atoms with Crippen molar-refractivity contribution in [3.05, 3.63) is 47.3 Å². The van der Waals surface area contributed by atoms with E-state index in [-0.39, 0.29) is 5.69 Å². The second-order valence-electron chi connectivity index (χ2n) is 5.64. The van der Waals surface area contributed by atoms with Gasteiger partial charge < -0.3 is 15.2 Å². The van der Waals surface area contributed by atoms with Gasteiger partial charge in [-0.1, -0.05) is 0 Å². The molecule has 0 bridgehead atoms. The van der Waals surface area contributed by atoms with Gasteiger partial charge in [-0.15, -0.1) is 22.7 Å². The van der Waals surface area contributed by atoms with Crippen molar-refractivity contribution in [1.29, 1.82) is 0 Å². The summed E-state index contributed by atoms with van der Waals surface area (Å²) in [5, 5.41) is 5.76. The molecule has 0 spiro atoms. The minimum Gasteiger partial charge on any atom is -0.492 e. The van der Waals surface area contributed by atoms with Gasteiger partial charge in [0.2, 0.25) is 5.88 Å². The van der Waals surface area contributed by atoms with Crippen molar-refractivity contribution >= 4 is 38.8 Å². The molecule has 0 saturated carbocycles. The van der Waals surface area contributed by atoms with Crippen LogP contribution >= 0.6 is 22.7 Å². The maximum absolute atomic E-state index is 11.0. The first-order valence-corrected chi connectivity index (χ1v) is 10.1. The Hall–Kier alpha value is -3.11. The Balaban J connectivity index is 1.36. The van der Waals surface area contributed by atoms with Crippen molar-refractivity contribution < 1.29 is 14.3 Å². The van der Waals surface area contributed by atoms with Gasteiger partial charge in [0.1, 0.15) is 27.6 Å². The van der Waals surface area contributed by atoms with Crippen LogP contribution in [0, 0.1) is 0 Å². The number of ether oxygens (including phenoxy) is 2. The molecule has 28 heavy (non-hydrogen) atoms. The number of thiophene rings is 1. The lowest BCUT2D eigenvalue weighted by atomic mass is 10.2. The number of hydrogen-bond donors (Lipinski definition) is 1. The summed E-state index contributed by atoms with van der Waals surface area (Å²) in [6, 6.07) is 3.19. The Bertz CT molecular complexity index is 1080. The summed E-state index contributed by atoms with van der Waals surface area (Å²) < 4.78 is 11.5. The fourth-order valence-electron chi connectivity index (χ4n) is 2.50. The zero-order valence-electron chi connectivity index (χ0n) is 14.6. The summed E-state index contributed by atoms with van der Waals surface area (Å²) in [5.41, 5.74) is 6.35. The molecular formula is C18H15N5O3S2. The number of nitrogens with two attached hydrogens (primary N) is 1. The van der Waals surface area contributed by atoms with Crippen LogP contribution in [-0.4, -0.2) is 39.1 Å². The summed E-state index contributed by atoms with van der Waals surface area (Å²) in [7, 11) is 0. The van der Waals surface area contributed by atoms with Crippen LogP contribution in [0.5, 0.6) is 11.6 Å². The third-order valence-corrected chi connectivity index (χ3v) is 5.48. The largest absolute Gasteiger partial charge is 0.492 e. The first-order chi connectivity index (χ1) is 13.7. The van der Waals surface area contributed by atoms with E-state index >= 15 is 0 Å². The fourth-order valence-corrected chi connectivity index (χ4v) is 4.12. The highest BCUT2D eigenvalue weighted by Crippen LogP contribution is 2.38. The lowest BCUT2D eigenvalue weighted by molar-refractivity contribution is 0.0995. The normalized spacial score (nSPS) is 10.9. The lowest BCUT2D eigenvalue weighted by Crippen LogP contribution is -2.12. The SMILES string of the molecule is NC(=O)c1ccc(OCCCOc2ncnc3scc(-c4nccs4)c23)cn1. The van der Waals surface area contributed by atoms with Crippen molar-refractivity contribution in [2.45, 2.75) is 6.42 Å². The van der Waals surface area contributed by atoms with Gasteiger partial charge >= 0.3 is 0 Å². The molecule has 0 aliphatic rings. The van der Waals surface area contributed by atoms with Gasteiger partial charge in [-0.05, 0) is 12.1 Å². The van der Waals surface area contributed by atoms with Crippen molar-refractivity contribution in [3.63, 3.8) is 0 Å². The number of aromatic nitrogens is 4. The summed E-state index contributed by atoms with van der Waals surface area (Å²) in [6.07, 6.45) is 5.40. The van der Waals surface area contributed by atoms with E-state index in [0.717, 1.165) is 20.8 Å². The number of nitrogens with zero attached hydrogens (tertiary/aromatic N) is 4. The molecule has 2 N–H and O–H groups in total. The van der Waals surface area contributed by atoms with Gasteiger partial charge in [0.15, 0.2) is 0 Å². The van der Waals surface area contributed by atoms with E-state index in [4.69, 9.17) is 15.2 Å². The van der Waals surface area contributed by atoms with Gasteiger partial charge in [0.05, 0.1) is 24.8 Å². The topological polar surface area (TPSA) is 113 Å². The number of primary amides is 1. The third kappa shape index (κ3) is 3.92. The first kappa shape index (κ1) is 18.3. The van der Waals surface area contributed by atoms with Crippen LogP contribution in [-0.2, 0) is 0 Å². The van der Waals surface area contributed by atoms with Gasteiger partial charge in [0.25, 0.3) is 5.91 Å². The number of hydrogen-bond acceptors (Lipinski definition) is 9. The van der Waals surface area contributed by atoms with Crippen molar-refractivity contribution in [1.82, 2.24) is 19.9 Å². The number of carbonyl (C=O) groups excluding carboxylic acids is 1. The number of rotatable bonds is 8. The number of thiazole rings is 1. The smallest absolute Gasteiger partial charge is 0.267 e. The zero-order chi connectivity index (χ0) is 19.3. The Morgan fingerprint density at radius 3 is 2.71 bits per heavy atom. The summed E-state index contributed by atoms with van der Waals surface area (Å²) in [6.45, 7) is 0.876. The molecule has 0 unspecified atom stereocenters. The minimum absolute atomic E-state index is 0.204. The van der Waals surface area contributed by atoms with Gasteiger partial charge in [-0.2, -0.15) is 0 Å². The van der Waals surface area contributed by atoms with E-state index in [2.05, 4.69) is 19.9 Å². The fraction of sp³-hybridized carbons (Fsp3) is 0.167. The predicted octanol–water partition coefficient (Wildman–Crippen LogP) is 3.16. The Labute approximate surface area is 168 Å². The van der Waals surface area contributed by atoms with Crippen LogP contribution in [0.3, 0.4) is 0 Å².